The van der Waals surface area contributed by atoms with Crippen molar-refractivity contribution in [3.05, 3.63) is 40.5 Å². The number of ether oxygens (including phenoxy) is 1. The first-order valence-corrected chi connectivity index (χ1v) is 5.90. The van der Waals surface area contributed by atoms with Gasteiger partial charge in [-0.3, -0.25) is 4.79 Å². The van der Waals surface area contributed by atoms with Crippen LogP contribution < -0.4 is 0 Å². The van der Waals surface area contributed by atoms with Crippen LogP contribution in [0.25, 0.3) is 6.08 Å². The summed E-state index contributed by atoms with van der Waals surface area (Å²) in [6, 6.07) is -0.814. The van der Waals surface area contributed by atoms with E-state index < -0.39 is 59.5 Å². The van der Waals surface area contributed by atoms with E-state index >= 15 is 0 Å². The molecule has 0 bridgehead atoms. The van der Waals surface area contributed by atoms with Crippen molar-refractivity contribution in [3.8, 4) is 0 Å². The molecule has 134 valence electrons. The fourth-order valence-electron chi connectivity index (χ4n) is 1.73. The van der Waals surface area contributed by atoms with Crippen molar-refractivity contribution in [2.45, 2.75) is 18.5 Å². The molecule has 11 heteroatoms. The zero-order chi connectivity index (χ0) is 18.8. The molecule has 0 atom stereocenters. The molecule has 0 radical (unpaired) electrons. The van der Waals surface area contributed by atoms with Crippen molar-refractivity contribution >= 4 is 12.5 Å². The van der Waals surface area contributed by atoms with Crippen LogP contribution in [0.3, 0.4) is 0 Å². The number of halogens is 9. The summed E-state index contributed by atoms with van der Waals surface area (Å²) in [7, 11) is 0. The van der Waals surface area contributed by atoms with E-state index in [9.17, 15) is 44.3 Å². The smallest absolute Gasteiger partial charge is 0.417 e. The summed E-state index contributed by atoms with van der Waals surface area (Å²) in [6.45, 7) is -0.758. The van der Waals surface area contributed by atoms with Crippen molar-refractivity contribution in [1.29, 1.82) is 0 Å². The Labute approximate surface area is 128 Å². The molecule has 24 heavy (non-hydrogen) atoms. The Morgan fingerprint density at radius 3 is 1.62 bits per heavy atom. The first-order chi connectivity index (χ1) is 10.8. The summed E-state index contributed by atoms with van der Waals surface area (Å²) in [6.07, 6.45) is -15.4. The predicted molar refractivity (Wildman–Crippen MR) is 62.5 cm³/mol. The number of carbonyl (C=O) groups is 1. The van der Waals surface area contributed by atoms with Gasteiger partial charge in [0.15, 0.2) is 0 Å². The van der Waals surface area contributed by atoms with Gasteiger partial charge in [0.1, 0.15) is 6.61 Å². The quantitative estimate of drug-likeness (QED) is 0.429. The lowest BCUT2D eigenvalue weighted by Crippen LogP contribution is -2.18. The van der Waals surface area contributed by atoms with Gasteiger partial charge in [0, 0.05) is 0 Å². The van der Waals surface area contributed by atoms with Gasteiger partial charge in [-0.2, -0.15) is 39.5 Å². The number of carbonyl (C=O) groups excluding carboxylic acids is 1. The second-order valence-electron chi connectivity index (χ2n) is 4.31. The minimum Gasteiger partial charge on any atom is -0.464 e. The Balaban J connectivity index is 3.68. The minimum atomic E-state index is -5.47. The highest BCUT2D eigenvalue weighted by molar-refractivity contribution is 5.61. The average molecular weight is 366 g/mol. The molecular weight excluding hydrogens is 359 g/mol. The summed E-state index contributed by atoms with van der Waals surface area (Å²) < 4.78 is 119. The summed E-state index contributed by atoms with van der Waals surface area (Å²) in [5, 5.41) is 0. The molecule has 0 amide bonds. The normalized spacial score (nSPS) is 13.4. The Kier molecular flexibility index (Phi) is 5.57. The summed E-state index contributed by atoms with van der Waals surface area (Å²) in [5.41, 5.74) is -7.79. The van der Waals surface area contributed by atoms with E-state index in [1.54, 1.807) is 0 Å². The van der Waals surface area contributed by atoms with Crippen LogP contribution in [0.4, 0.5) is 39.5 Å². The zero-order valence-electron chi connectivity index (χ0n) is 11.3. The van der Waals surface area contributed by atoms with Crippen LogP contribution in [0.1, 0.15) is 22.3 Å². The highest BCUT2D eigenvalue weighted by Crippen LogP contribution is 2.43. The molecular formula is C13H7F9O2. The van der Waals surface area contributed by atoms with Crippen molar-refractivity contribution in [3.63, 3.8) is 0 Å². The summed E-state index contributed by atoms with van der Waals surface area (Å²) in [4.78, 5) is 9.88. The van der Waals surface area contributed by atoms with Crippen molar-refractivity contribution < 1.29 is 49.0 Å². The Bertz CT molecular complexity index is 589. The molecule has 0 aliphatic rings. The van der Waals surface area contributed by atoms with Gasteiger partial charge in [-0.05, 0) is 23.8 Å². The van der Waals surface area contributed by atoms with E-state index in [1.807, 2.05) is 0 Å². The molecule has 0 aliphatic heterocycles. The van der Waals surface area contributed by atoms with Gasteiger partial charge in [0.05, 0.1) is 16.7 Å². The lowest BCUT2D eigenvalue weighted by molar-refractivity contribution is -0.148. The zero-order valence-corrected chi connectivity index (χ0v) is 11.3. The number of alkyl halides is 9. The molecule has 0 aliphatic carbocycles. The third-order valence-electron chi connectivity index (χ3n) is 2.66. The van der Waals surface area contributed by atoms with Crippen LogP contribution >= 0.6 is 0 Å². The van der Waals surface area contributed by atoms with Crippen LogP contribution in [-0.4, -0.2) is 13.1 Å². The maximum absolute atomic E-state index is 12.9. The van der Waals surface area contributed by atoms with Gasteiger partial charge < -0.3 is 4.74 Å². The largest absolute Gasteiger partial charge is 0.464 e. The van der Waals surface area contributed by atoms with Crippen molar-refractivity contribution in [2.75, 3.05) is 6.61 Å². The molecule has 0 unspecified atom stereocenters. The molecule has 0 fully saturated rings. The minimum absolute atomic E-state index is 0.105. The molecule has 2 nitrogen and oxygen atoms in total. The molecule has 0 spiro atoms. The molecule has 0 saturated carbocycles. The molecule has 0 saturated heterocycles. The van der Waals surface area contributed by atoms with Gasteiger partial charge in [0.2, 0.25) is 0 Å². The van der Waals surface area contributed by atoms with E-state index in [-0.39, 0.29) is 6.47 Å². The third-order valence-corrected chi connectivity index (χ3v) is 2.66. The molecule has 0 heterocycles. The van der Waals surface area contributed by atoms with Crippen LogP contribution in [0, 0.1) is 0 Å². The monoisotopic (exact) mass is 366 g/mol. The Morgan fingerprint density at radius 2 is 1.29 bits per heavy atom. The van der Waals surface area contributed by atoms with Gasteiger partial charge >= 0.3 is 18.5 Å². The highest BCUT2D eigenvalue weighted by atomic mass is 19.4. The maximum atomic E-state index is 12.9. The second-order valence-corrected chi connectivity index (χ2v) is 4.31. The molecule has 1 aromatic carbocycles. The number of rotatable bonds is 4. The number of benzene rings is 1. The van der Waals surface area contributed by atoms with E-state index in [0.29, 0.717) is 12.2 Å². The van der Waals surface area contributed by atoms with Crippen molar-refractivity contribution in [2.24, 2.45) is 0 Å². The lowest BCUT2D eigenvalue weighted by Gasteiger charge is -2.19. The molecule has 1 aromatic rings. The fraction of sp³-hybridized carbons (Fsp3) is 0.308. The number of hydrogen-bond acceptors (Lipinski definition) is 2. The first-order valence-electron chi connectivity index (χ1n) is 5.90. The van der Waals surface area contributed by atoms with Gasteiger partial charge in [0.25, 0.3) is 6.47 Å². The highest BCUT2D eigenvalue weighted by Gasteiger charge is 2.44. The van der Waals surface area contributed by atoms with Gasteiger partial charge in [-0.15, -0.1) is 0 Å². The van der Waals surface area contributed by atoms with E-state index in [4.69, 9.17) is 0 Å². The van der Waals surface area contributed by atoms with Crippen molar-refractivity contribution in [1.82, 2.24) is 0 Å². The maximum Gasteiger partial charge on any atom is 0.417 e. The second kappa shape index (κ2) is 6.73. The SMILES string of the molecule is O=COC/C=C/c1c(C(F)(F)F)cc(C(F)(F)F)cc1C(F)(F)F. The van der Waals surface area contributed by atoms with Crippen LogP contribution in [0.15, 0.2) is 18.2 Å². The fourth-order valence-corrected chi connectivity index (χ4v) is 1.73. The molecule has 1 rings (SSSR count). The van der Waals surface area contributed by atoms with E-state index in [1.165, 1.54) is 0 Å². The van der Waals surface area contributed by atoms with E-state index in [0.717, 1.165) is 0 Å². The summed E-state index contributed by atoms with van der Waals surface area (Å²) in [5.74, 6) is 0. The van der Waals surface area contributed by atoms with E-state index in [2.05, 4.69) is 4.74 Å². The lowest BCUT2D eigenvalue weighted by atomic mass is 9.95. The Morgan fingerprint density at radius 1 is 0.833 bits per heavy atom. The molecule has 0 aromatic heterocycles. The van der Waals surface area contributed by atoms with Crippen LogP contribution in [0.5, 0.6) is 0 Å². The van der Waals surface area contributed by atoms with Gasteiger partial charge in [-0.1, -0.05) is 6.08 Å². The van der Waals surface area contributed by atoms with Gasteiger partial charge in [-0.25, -0.2) is 0 Å². The average Bonchev–Trinajstić information content (AvgIpc) is 2.39. The molecule has 0 N–H and O–H groups in total. The summed E-state index contributed by atoms with van der Waals surface area (Å²) >= 11 is 0. The Hall–Kier alpha value is -2.20. The first kappa shape index (κ1) is 19.8. The standard InChI is InChI=1S/C13H7F9O2/c14-11(15,16)7-4-9(12(17,18)19)8(2-1-3-24-6-23)10(5-7)13(20,21)22/h1-2,4-6H,3H2/b2-1+. The van der Waals surface area contributed by atoms with Crippen LogP contribution in [-0.2, 0) is 28.1 Å². The number of hydrogen-bond donors (Lipinski definition) is 0. The predicted octanol–water partition coefficient (Wildman–Crippen LogP) is 4.93. The topological polar surface area (TPSA) is 26.3 Å². The van der Waals surface area contributed by atoms with Crippen LogP contribution in [0.2, 0.25) is 0 Å². The third kappa shape index (κ3) is 4.90.